The molecule has 0 aliphatic rings. The van der Waals surface area contributed by atoms with E-state index in [0.717, 1.165) is 16.9 Å². The predicted molar refractivity (Wildman–Crippen MR) is 79.0 cm³/mol. The molecule has 0 saturated heterocycles. The average Bonchev–Trinajstić information content (AvgIpc) is 2.42. The van der Waals surface area contributed by atoms with Crippen LogP contribution in [0.1, 0.15) is 12.5 Å². The van der Waals surface area contributed by atoms with Crippen molar-refractivity contribution in [2.24, 2.45) is 5.73 Å². The molecule has 0 spiro atoms. The van der Waals surface area contributed by atoms with E-state index < -0.39 is 5.91 Å². The van der Waals surface area contributed by atoms with E-state index in [1.54, 1.807) is 13.0 Å². The zero-order chi connectivity index (χ0) is 13.7. The molecular weight excluding hydrogens is 236 g/mol. The maximum Gasteiger partial charge on any atom is 0.244 e. The molecule has 0 atom stereocenters. The smallest absolute Gasteiger partial charge is 0.244 e. The van der Waals surface area contributed by atoms with Gasteiger partial charge in [0.2, 0.25) is 5.91 Å². The summed E-state index contributed by atoms with van der Waals surface area (Å²) in [5.74, 6) is -0.397. The summed E-state index contributed by atoms with van der Waals surface area (Å²) in [7, 11) is 0. The molecule has 0 aliphatic heterocycles. The fraction of sp³-hybridized carbons (Fsp3) is 0.0625. The molecule has 2 rings (SSSR count). The van der Waals surface area contributed by atoms with Gasteiger partial charge in [-0.15, -0.1) is 0 Å². The van der Waals surface area contributed by atoms with Gasteiger partial charge < -0.3 is 11.1 Å². The molecule has 3 heteroatoms. The monoisotopic (exact) mass is 252 g/mol. The van der Waals surface area contributed by atoms with Crippen molar-refractivity contribution in [2.45, 2.75) is 6.92 Å². The Morgan fingerprint density at radius 2 is 1.58 bits per heavy atom. The lowest BCUT2D eigenvalue weighted by Crippen LogP contribution is -2.11. The first-order valence-corrected chi connectivity index (χ1v) is 6.05. The van der Waals surface area contributed by atoms with E-state index in [9.17, 15) is 4.79 Å². The molecule has 0 fully saturated rings. The Hall–Kier alpha value is -2.55. The lowest BCUT2D eigenvalue weighted by molar-refractivity contribution is -0.114. The number of rotatable bonds is 4. The minimum Gasteiger partial charge on any atom is -0.366 e. The summed E-state index contributed by atoms with van der Waals surface area (Å²) in [5.41, 5.74) is 8.74. The third kappa shape index (κ3) is 3.71. The lowest BCUT2D eigenvalue weighted by Gasteiger charge is -2.06. The molecule has 96 valence electrons. The van der Waals surface area contributed by atoms with Crippen molar-refractivity contribution in [3.8, 4) is 0 Å². The largest absolute Gasteiger partial charge is 0.366 e. The van der Waals surface area contributed by atoms with Gasteiger partial charge in [-0.3, -0.25) is 4.79 Å². The highest BCUT2D eigenvalue weighted by atomic mass is 16.1. The molecule has 2 aromatic rings. The van der Waals surface area contributed by atoms with Crippen LogP contribution in [0.4, 0.5) is 11.4 Å². The molecule has 0 saturated carbocycles. The van der Waals surface area contributed by atoms with Crippen molar-refractivity contribution in [3.05, 3.63) is 65.7 Å². The van der Waals surface area contributed by atoms with E-state index in [0.29, 0.717) is 5.57 Å². The topological polar surface area (TPSA) is 55.1 Å². The normalized spacial score (nSPS) is 11.1. The molecule has 0 unspecified atom stereocenters. The molecule has 3 nitrogen and oxygen atoms in total. The van der Waals surface area contributed by atoms with E-state index in [1.165, 1.54) is 0 Å². The van der Waals surface area contributed by atoms with Crippen LogP contribution in [0, 0.1) is 0 Å². The Bertz CT molecular complexity index is 586. The van der Waals surface area contributed by atoms with Crippen molar-refractivity contribution in [3.63, 3.8) is 0 Å². The molecule has 3 N–H and O–H groups in total. The van der Waals surface area contributed by atoms with Gasteiger partial charge in [-0.2, -0.15) is 0 Å². The summed E-state index contributed by atoms with van der Waals surface area (Å²) in [6.07, 6.45) is 1.77. The second-order valence-corrected chi connectivity index (χ2v) is 4.30. The van der Waals surface area contributed by atoms with Gasteiger partial charge in [0.05, 0.1) is 0 Å². The Morgan fingerprint density at radius 1 is 1.00 bits per heavy atom. The van der Waals surface area contributed by atoms with Gasteiger partial charge in [0, 0.05) is 16.9 Å². The number of nitrogens with two attached hydrogens (primary N) is 1. The number of anilines is 2. The van der Waals surface area contributed by atoms with E-state index in [1.807, 2.05) is 54.6 Å². The highest BCUT2D eigenvalue weighted by Crippen LogP contribution is 2.17. The van der Waals surface area contributed by atoms with Gasteiger partial charge >= 0.3 is 0 Å². The Morgan fingerprint density at radius 3 is 2.16 bits per heavy atom. The number of hydrogen-bond donors (Lipinski definition) is 2. The van der Waals surface area contributed by atoms with Crippen LogP contribution in [0.5, 0.6) is 0 Å². The summed E-state index contributed by atoms with van der Waals surface area (Å²) < 4.78 is 0. The molecular formula is C16H16N2O. The van der Waals surface area contributed by atoms with Crippen LogP contribution < -0.4 is 11.1 Å². The zero-order valence-electron chi connectivity index (χ0n) is 10.8. The molecule has 0 aliphatic carbocycles. The van der Waals surface area contributed by atoms with Gasteiger partial charge in [-0.05, 0) is 42.8 Å². The van der Waals surface area contributed by atoms with Crippen molar-refractivity contribution in [1.29, 1.82) is 0 Å². The number of carbonyl (C=O) groups is 1. The first-order valence-electron chi connectivity index (χ1n) is 6.05. The van der Waals surface area contributed by atoms with Crippen LogP contribution in [0.15, 0.2) is 60.2 Å². The summed E-state index contributed by atoms with van der Waals surface area (Å²) in [5, 5.41) is 3.29. The molecule has 0 heterocycles. The van der Waals surface area contributed by atoms with Crippen LogP contribution in [-0.2, 0) is 4.79 Å². The maximum atomic E-state index is 11.0. The maximum absolute atomic E-state index is 11.0. The third-order valence-corrected chi connectivity index (χ3v) is 2.74. The van der Waals surface area contributed by atoms with E-state index >= 15 is 0 Å². The van der Waals surface area contributed by atoms with Gasteiger partial charge in [0.1, 0.15) is 0 Å². The molecule has 0 bridgehead atoms. The van der Waals surface area contributed by atoms with Crippen LogP contribution in [0.25, 0.3) is 6.08 Å². The van der Waals surface area contributed by atoms with Crippen molar-refractivity contribution in [1.82, 2.24) is 0 Å². The zero-order valence-corrected chi connectivity index (χ0v) is 10.8. The van der Waals surface area contributed by atoms with Gasteiger partial charge in [0.25, 0.3) is 0 Å². The Kier molecular flexibility index (Phi) is 3.98. The number of carbonyl (C=O) groups excluding carboxylic acids is 1. The number of nitrogens with one attached hydrogen (secondary N) is 1. The minimum absolute atomic E-state index is 0.397. The highest BCUT2D eigenvalue weighted by molar-refractivity contribution is 5.95. The number of para-hydroxylation sites is 1. The summed E-state index contributed by atoms with van der Waals surface area (Å²) in [6, 6.07) is 17.8. The van der Waals surface area contributed by atoms with Gasteiger partial charge in [-0.25, -0.2) is 0 Å². The summed E-state index contributed by atoms with van der Waals surface area (Å²) in [4.78, 5) is 11.0. The highest BCUT2D eigenvalue weighted by Gasteiger charge is 1.98. The molecule has 1 amide bonds. The lowest BCUT2D eigenvalue weighted by atomic mass is 10.1. The number of benzene rings is 2. The second-order valence-electron chi connectivity index (χ2n) is 4.30. The van der Waals surface area contributed by atoms with Crippen molar-refractivity contribution in [2.75, 3.05) is 5.32 Å². The Labute approximate surface area is 112 Å². The summed E-state index contributed by atoms with van der Waals surface area (Å²) in [6.45, 7) is 1.71. The number of hydrogen-bond acceptors (Lipinski definition) is 2. The Balaban J connectivity index is 2.11. The van der Waals surface area contributed by atoms with E-state index in [-0.39, 0.29) is 0 Å². The molecule has 19 heavy (non-hydrogen) atoms. The number of primary amides is 1. The fourth-order valence-electron chi connectivity index (χ4n) is 1.67. The minimum atomic E-state index is -0.397. The van der Waals surface area contributed by atoms with Crippen LogP contribution >= 0.6 is 0 Å². The van der Waals surface area contributed by atoms with Gasteiger partial charge in [0.15, 0.2) is 0 Å². The fourth-order valence-corrected chi connectivity index (χ4v) is 1.67. The van der Waals surface area contributed by atoms with Crippen LogP contribution in [0.2, 0.25) is 0 Å². The first-order chi connectivity index (χ1) is 9.15. The molecule has 0 aromatic heterocycles. The average molecular weight is 252 g/mol. The molecule has 2 aromatic carbocycles. The molecule has 0 radical (unpaired) electrons. The summed E-state index contributed by atoms with van der Waals surface area (Å²) >= 11 is 0. The van der Waals surface area contributed by atoms with Crippen molar-refractivity contribution < 1.29 is 4.79 Å². The SMILES string of the molecule is CC(=Cc1ccc(Nc2ccccc2)cc1)C(N)=O. The van der Waals surface area contributed by atoms with E-state index in [2.05, 4.69) is 5.32 Å². The number of amides is 1. The van der Waals surface area contributed by atoms with Crippen molar-refractivity contribution >= 4 is 23.4 Å². The van der Waals surface area contributed by atoms with Crippen LogP contribution in [0.3, 0.4) is 0 Å². The standard InChI is InChI=1S/C16H16N2O/c1-12(16(17)19)11-13-7-9-15(10-8-13)18-14-5-3-2-4-6-14/h2-11,18H,1H3,(H2,17,19). The van der Waals surface area contributed by atoms with Crippen LogP contribution in [-0.4, -0.2) is 5.91 Å². The van der Waals surface area contributed by atoms with E-state index in [4.69, 9.17) is 5.73 Å². The quantitative estimate of drug-likeness (QED) is 0.820. The van der Waals surface area contributed by atoms with Gasteiger partial charge in [-0.1, -0.05) is 30.3 Å². The predicted octanol–water partition coefficient (Wildman–Crippen LogP) is 3.32. The second kappa shape index (κ2) is 5.87. The first kappa shape index (κ1) is 12.9. The third-order valence-electron chi connectivity index (χ3n) is 2.74.